The molecule has 0 heterocycles. The summed E-state index contributed by atoms with van der Waals surface area (Å²) in [5, 5.41) is 9.27. The number of hydrogen-bond donors (Lipinski definition) is 1. The molecule has 31 heavy (non-hydrogen) atoms. The highest BCUT2D eigenvalue weighted by Crippen LogP contribution is 2.31. The molecule has 180 valence electrons. The fourth-order valence-electron chi connectivity index (χ4n) is 4.53. The molecule has 0 amide bonds. The summed E-state index contributed by atoms with van der Waals surface area (Å²) in [4.78, 5) is 23.5. The summed E-state index contributed by atoms with van der Waals surface area (Å²) in [7, 11) is 0. The molecule has 1 N–H and O–H groups in total. The minimum atomic E-state index is -0.859. The first-order valence-corrected chi connectivity index (χ1v) is 13.2. The van der Waals surface area contributed by atoms with Crippen LogP contribution in [0.25, 0.3) is 0 Å². The van der Waals surface area contributed by atoms with Crippen LogP contribution < -0.4 is 0 Å². The Bertz CT molecular complexity index is 486. The van der Waals surface area contributed by atoms with E-state index in [4.69, 9.17) is 4.74 Å². The van der Waals surface area contributed by atoms with Crippen LogP contribution in [0.1, 0.15) is 129 Å². The first-order valence-electron chi connectivity index (χ1n) is 13.2. The number of aliphatic carboxylic acids is 1. The molecule has 2 unspecified atom stereocenters. The van der Waals surface area contributed by atoms with Gasteiger partial charge in [-0.3, -0.25) is 9.59 Å². The van der Waals surface area contributed by atoms with Crippen molar-refractivity contribution in [2.75, 3.05) is 6.61 Å². The number of carbonyl (C=O) groups excluding carboxylic acids is 1. The van der Waals surface area contributed by atoms with Gasteiger partial charge < -0.3 is 9.84 Å². The predicted molar refractivity (Wildman–Crippen MR) is 128 cm³/mol. The van der Waals surface area contributed by atoms with Gasteiger partial charge in [-0.25, -0.2) is 0 Å². The molecule has 2 atom stereocenters. The molecule has 1 aliphatic rings. The normalized spacial score (nSPS) is 19.0. The van der Waals surface area contributed by atoms with Crippen molar-refractivity contribution in [1.29, 1.82) is 0 Å². The summed E-state index contributed by atoms with van der Waals surface area (Å²) in [6, 6.07) is 0. The highest BCUT2D eigenvalue weighted by molar-refractivity contribution is 5.81. The quantitative estimate of drug-likeness (QED) is 0.127. The van der Waals surface area contributed by atoms with E-state index in [-0.39, 0.29) is 5.97 Å². The number of esters is 1. The third-order valence-electron chi connectivity index (χ3n) is 6.54. The van der Waals surface area contributed by atoms with Crippen LogP contribution in [0.3, 0.4) is 0 Å². The van der Waals surface area contributed by atoms with Crippen LogP contribution in [0.15, 0.2) is 12.2 Å². The van der Waals surface area contributed by atoms with Gasteiger partial charge in [0, 0.05) is 0 Å². The van der Waals surface area contributed by atoms with Crippen LogP contribution >= 0.6 is 0 Å². The van der Waals surface area contributed by atoms with Gasteiger partial charge in [0.25, 0.3) is 0 Å². The molecule has 0 radical (unpaired) electrons. The topological polar surface area (TPSA) is 63.6 Å². The van der Waals surface area contributed by atoms with Crippen molar-refractivity contribution in [1.82, 2.24) is 0 Å². The lowest BCUT2D eigenvalue weighted by atomic mass is 9.79. The zero-order valence-corrected chi connectivity index (χ0v) is 20.1. The molecule has 0 saturated heterocycles. The maximum atomic E-state index is 12.2. The zero-order valence-electron chi connectivity index (χ0n) is 20.1. The second-order valence-electron chi connectivity index (χ2n) is 9.29. The Balaban J connectivity index is 1.88. The number of hydrogen-bond acceptors (Lipinski definition) is 3. The van der Waals surface area contributed by atoms with Gasteiger partial charge in [0.15, 0.2) is 0 Å². The first-order chi connectivity index (χ1) is 15.2. The van der Waals surface area contributed by atoms with E-state index in [0.717, 1.165) is 32.1 Å². The molecule has 4 heteroatoms. The lowest BCUT2D eigenvalue weighted by Gasteiger charge is -2.26. The second-order valence-corrected chi connectivity index (χ2v) is 9.29. The lowest BCUT2D eigenvalue weighted by Crippen LogP contribution is -2.33. The number of unbranched alkanes of at least 4 members (excludes halogenated alkanes) is 13. The van der Waals surface area contributed by atoms with Gasteiger partial charge in [0.1, 0.15) is 0 Å². The minimum absolute atomic E-state index is 0.312. The summed E-state index contributed by atoms with van der Waals surface area (Å²) < 4.78 is 5.35. The maximum Gasteiger partial charge on any atom is 0.309 e. The Kier molecular flexibility index (Phi) is 17.3. The monoisotopic (exact) mass is 436 g/mol. The number of ether oxygens (including phenoxy) is 1. The minimum Gasteiger partial charge on any atom is -0.481 e. The molecule has 1 rings (SSSR count). The molecule has 1 saturated carbocycles. The van der Waals surface area contributed by atoms with Gasteiger partial charge in [0.05, 0.1) is 18.4 Å². The Labute approximate surface area is 191 Å². The Morgan fingerprint density at radius 1 is 0.742 bits per heavy atom. The van der Waals surface area contributed by atoms with E-state index in [2.05, 4.69) is 19.1 Å². The van der Waals surface area contributed by atoms with E-state index in [9.17, 15) is 14.7 Å². The van der Waals surface area contributed by atoms with Crippen molar-refractivity contribution >= 4 is 11.9 Å². The molecule has 0 aromatic rings. The molecular weight excluding hydrogens is 388 g/mol. The number of carboxylic acid groups (broad SMARTS) is 1. The molecule has 0 aliphatic heterocycles. The van der Waals surface area contributed by atoms with Crippen LogP contribution in [0, 0.1) is 11.8 Å². The zero-order chi connectivity index (χ0) is 22.6. The van der Waals surface area contributed by atoms with Crippen molar-refractivity contribution in [2.24, 2.45) is 11.8 Å². The molecule has 1 aliphatic carbocycles. The van der Waals surface area contributed by atoms with Crippen LogP contribution in [0.4, 0.5) is 0 Å². The summed E-state index contributed by atoms with van der Waals surface area (Å²) in [6.07, 6.45) is 26.9. The van der Waals surface area contributed by atoms with E-state index in [1.165, 1.54) is 77.0 Å². The van der Waals surface area contributed by atoms with Crippen molar-refractivity contribution in [3.05, 3.63) is 12.2 Å². The number of carbonyl (C=O) groups is 2. The molecule has 1 fully saturated rings. The van der Waals surface area contributed by atoms with Crippen LogP contribution in [-0.2, 0) is 14.3 Å². The Morgan fingerprint density at radius 2 is 1.23 bits per heavy atom. The molecule has 0 bridgehead atoms. The number of allylic oxidation sites excluding steroid dienone is 2. The fraction of sp³-hybridized carbons (Fsp3) is 0.852. The highest BCUT2D eigenvalue weighted by atomic mass is 16.5. The van der Waals surface area contributed by atoms with E-state index in [1.54, 1.807) is 0 Å². The Hall–Kier alpha value is -1.32. The molecule has 0 spiro atoms. The van der Waals surface area contributed by atoms with Crippen molar-refractivity contribution in [2.45, 2.75) is 129 Å². The highest BCUT2D eigenvalue weighted by Gasteiger charge is 2.36. The Morgan fingerprint density at radius 3 is 1.77 bits per heavy atom. The van der Waals surface area contributed by atoms with Crippen molar-refractivity contribution in [3.63, 3.8) is 0 Å². The smallest absolute Gasteiger partial charge is 0.309 e. The van der Waals surface area contributed by atoms with E-state index in [1.807, 2.05) is 0 Å². The van der Waals surface area contributed by atoms with E-state index in [0.29, 0.717) is 19.4 Å². The van der Waals surface area contributed by atoms with Gasteiger partial charge in [-0.2, -0.15) is 0 Å². The number of carboxylic acids is 1. The summed E-state index contributed by atoms with van der Waals surface area (Å²) in [6.45, 7) is 2.67. The average molecular weight is 437 g/mol. The largest absolute Gasteiger partial charge is 0.481 e. The molecular formula is C27H48O4. The van der Waals surface area contributed by atoms with Crippen LogP contribution in [0.5, 0.6) is 0 Å². The number of rotatable bonds is 19. The average Bonchev–Trinajstić information content (AvgIpc) is 2.78. The molecule has 0 aromatic heterocycles. The summed E-state index contributed by atoms with van der Waals surface area (Å²) in [5.41, 5.74) is 0. The standard InChI is InChI=1S/C27H48O4/c1-2-3-4-5-6-7-8-9-10-11-12-13-14-15-16-17-20-23-31-27(30)25-22-19-18-21-24(25)26(28)29/h15-16,24-25H,2-14,17-23H2,1H3,(H,28,29)/b16-15+. The fourth-order valence-corrected chi connectivity index (χ4v) is 4.53. The third-order valence-corrected chi connectivity index (χ3v) is 6.54. The predicted octanol–water partition coefficient (Wildman–Crippen LogP) is 7.85. The van der Waals surface area contributed by atoms with Gasteiger partial charge in [-0.15, -0.1) is 0 Å². The lowest BCUT2D eigenvalue weighted by molar-refractivity contribution is -0.159. The van der Waals surface area contributed by atoms with Crippen molar-refractivity contribution in [3.8, 4) is 0 Å². The summed E-state index contributed by atoms with van der Waals surface area (Å²) in [5.74, 6) is -2.18. The maximum absolute atomic E-state index is 12.2. The van der Waals surface area contributed by atoms with E-state index < -0.39 is 17.8 Å². The first kappa shape index (κ1) is 27.7. The third kappa shape index (κ3) is 14.4. The van der Waals surface area contributed by atoms with Gasteiger partial charge in [-0.1, -0.05) is 103 Å². The van der Waals surface area contributed by atoms with Crippen molar-refractivity contribution < 1.29 is 19.4 Å². The SMILES string of the molecule is CCCCCCCCCCCCCC/C=C/CCCOC(=O)C1CCCCC1C(=O)O. The second kappa shape index (κ2) is 19.4. The van der Waals surface area contributed by atoms with Gasteiger partial charge in [0.2, 0.25) is 0 Å². The summed E-state index contributed by atoms with van der Waals surface area (Å²) >= 11 is 0. The molecule has 4 nitrogen and oxygen atoms in total. The van der Waals surface area contributed by atoms with Crippen LogP contribution in [-0.4, -0.2) is 23.7 Å². The van der Waals surface area contributed by atoms with E-state index >= 15 is 0 Å². The van der Waals surface area contributed by atoms with Gasteiger partial charge in [-0.05, 0) is 38.5 Å². The van der Waals surface area contributed by atoms with Gasteiger partial charge >= 0.3 is 11.9 Å². The molecule has 0 aromatic carbocycles. The van der Waals surface area contributed by atoms with Crippen LogP contribution in [0.2, 0.25) is 0 Å².